The van der Waals surface area contributed by atoms with E-state index in [1.807, 2.05) is 0 Å². The van der Waals surface area contributed by atoms with Crippen LogP contribution in [-0.2, 0) is 0 Å². The van der Waals surface area contributed by atoms with Crippen LogP contribution in [0.15, 0.2) is 72.8 Å². The van der Waals surface area contributed by atoms with Gasteiger partial charge in [-0.15, -0.1) is 0 Å². The fraction of sp³-hybridized carbons (Fsp3) is 0.222. The molecule has 19 heavy (non-hydrogen) atoms. The molecule has 0 saturated heterocycles. The summed E-state index contributed by atoms with van der Waals surface area (Å²) in [6.07, 6.45) is 8.85. The van der Waals surface area contributed by atoms with Crippen LogP contribution in [0, 0.1) is 0 Å². The Hall–Kier alpha value is -1.60. The van der Waals surface area contributed by atoms with E-state index in [-0.39, 0.29) is 0 Å². The molecule has 0 spiro atoms. The Labute approximate surface area is 117 Å². The molecule has 0 unspecified atom stereocenters. The van der Waals surface area contributed by atoms with Crippen LogP contribution in [0.1, 0.15) is 19.3 Å². The summed E-state index contributed by atoms with van der Waals surface area (Å²) >= 11 is 0. The van der Waals surface area contributed by atoms with E-state index in [2.05, 4.69) is 72.8 Å². The molecule has 1 aliphatic carbocycles. The number of benzene rings is 2. The Morgan fingerprint density at radius 3 is 1.84 bits per heavy atom. The van der Waals surface area contributed by atoms with Crippen LogP contribution < -0.4 is 10.4 Å². The molecule has 0 heterocycles. The Kier molecular flexibility index (Phi) is 3.94. The van der Waals surface area contributed by atoms with Crippen molar-refractivity contribution in [2.75, 3.05) is 0 Å². The van der Waals surface area contributed by atoms with Gasteiger partial charge in [-0.3, -0.25) is 0 Å². The predicted molar refractivity (Wildman–Crippen MR) is 86.0 cm³/mol. The third kappa shape index (κ3) is 2.87. The molecule has 0 amide bonds. The molecule has 0 aromatic heterocycles. The Balaban J connectivity index is 2.01. The molecule has 1 aliphatic rings. The lowest BCUT2D eigenvalue weighted by molar-refractivity contribution is 0.723. The molecular formula is C18H20Si. The number of hydrogen-bond donors (Lipinski definition) is 0. The predicted octanol–water partition coefficient (Wildman–Crippen LogP) is 3.14. The van der Waals surface area contributed by atoms with Crippen LogP contribution >= 0.6 is 0 Å². The molecule has 0 saturated carbocycles. The quantitative estimate of drug-likeness (QED) is 0.590. The van der Waals surface area contributed by atoms with Crippen LogP contribution in [0.3, 0.4) is 0 Å². The highest BCUT2D eigenvalue weighted by atomic mass is 28.3. The van der Waals surface area contributed by atoms with Crippen molar-refractivity contribution in [3.63, 3.8) is 0 Å². The second kappa shape index (κ2) is 6.03. The molecular weight excluding hydrogens is 244 g/mol. The number of allylic oxidation sites excluding steroid dienone is 2. The zero-order chi connectivity index (χ0) is 12.9. The van der Waals surface area contributed by atoms with Gasteiger partial charge in [0.15, 0.2) is 0 Å². The van der Waals surface area contributed by atoms with E-state index in [9.17, 15) is 0 Å². The average Bonchev–Trinajstić information content (AvgIpc) is 2.51. The van der Waals surface area contributed by atoms with Crippen molar-refractivity contribution in [3.8, 4) is 0 Å². The second-order valence-corrected chi connectivity index (χ2v) is 8.47. The van der Waals surface area contributed by atoms with Gasteiger partial charge >= 0.3 is 0 Å². The summed E-state index contributed by atoms with van der Waals surface area (Å²) in [7, 11) is -1.12. The molecule has 0 N–H and O–H groups in total. The molecule has 2 aromatic rings. The molecule has 0 radical (unpaired) electrons. The summed E-state index contributed by atoms with van der Waals surface area (Å²) in [5.41, 5.74) is 0.776. The third-order valence-corrected chi connectivity index (χ3v) is 7.66. The minimum absolute atomic E-state index is 0.776. The van der Waals surface area contributed by atoms with E-state index in [1.165, 1.54) is 19.3 Å². The SMILES string of the molecule is C1=C[C@@H]([SiH](c2ccccc2)c2ccccc2)CCC1. The fourth-order valence-corrected chi connectivity index (χ4v) is 6.72. The maximum absolute atomic E-state index is 2.49. The lowest BCUT2D eigenvalue weighted by Gasteiger charge is -2.26. The monoisotopic (exact) mass is 264 g/mol. The zero-order valence-electron chi connectivity index (χ0n) is 11.2. The first-order valence-electron chi connectivity index (χ1n) is 7.22. The van der Waals surface area contributed by atoms with Gasteiger partial charge < -0.3 is 0 Å². The first-order chi connectivity index (χ1) is 9.45. The molecule has 2 aromatic carbocycles. The Bertz CT molecular complexity index is 491. The summed E-state index contributed by atoms with van der Waals surface area (Å²) in [5.74, 6) is 0. The zero-order valence-corrected chi connectivity index (χ0v) is 12.4. The van der Waals surface area contributed by atoms with Crippen LogP contribution in [0.5, 0.6) is 0 Å². The van der Waals surface area contributed by atoms with Gasteiger partial charge in [0, 0.05) is 0 Å². The van der Waals surface area contributed by atoms with E-state index in [4.69, 9.17) is 0 Å². The van der Waals surface area contributed by atoms with Crippen LogP contribution in [-0.4, -0.2) is 8.80 Å². The third-order valence-electron chi connectivity index (χ3n) is 4.04. The van der Waals surface area contributed by atoms with Crippen molar-refractivity contribution in [3.05, 3.63) is 72.8 Å². The van der Waals surface area contributed by atoms with Gasteiger partial charge in [0.1, 0.15) is 8.80 Å². The summed E-state index contributed by atoms with van der Waals surface area (Å²) in [5, 5.41) is 3.15. The van der Waals surface area contributed by atoms with Crippen LogP contribution in [0.25, 0.3) is 0 Å². The van der Waals surface area contributed by atoms with Crippen molar-refractivity contribution < 1.29 is 0 Å². The molecule has 1 heteroatoms. The van der Waals surface area contributed by atoms with Gasteiger partial charge in [-0.2, -0.15) is 0 Å². The van der Waals surface area contributed by atoms with Gasteiger partial charge in [0.25, 0.3) is 0 Å². The van der Waals surface area contributed by atoms with Gasteiger partial charge in [0.05, 0.1) is 0 Å². The average molecular weight is 264 g/mol. The normalized spacial score (nSPS) is 18.7. The van der Waals surface area contributed by atoms with Gasteiger partial charge in [-0.1, -0.05) is 83.2 Å². The van der Waals surface area contributed by atoms with E-state index in [0.29, 0.717) is 0 Å². The molecule has 96 valence electrons. The van der Waals surface area contributed by atoms with E-state index in [1.54, 1.807) is 10.4 Å². The van der Waals surface area contributed by atoms with Crippen molar-refractivity contribution >= 4 is 19.2 Å². The molecule has 1 atom stereocenters. The largest absolute Gasteiger partial charge is 0.109 e. The highest BCUT2D eigenvalue weighted by molar-refractivity contribution is 6.86. The summed E-state index contributed by atoms with van der Waals surface area (Å²) in [6.45, 7) is 0. The van der Waals surface area contributed by atoms with E-state index < -0.39 is 8.80 Å². The maximum Gasteiger partial charge on any atom is 0.109 e. The first kappa shape index (κ1) is 12.4. The molecule has 3 rings (SSSR count). The molecule has 0 aliphatic heterocycles. The summed E-state index contributed by atoms with van der Waals surface area (Å²) in [4.78, 5) is 0. The van der Waals surface area contributed by atoms with Gasteiger partial charge in [-0.25, -0.2) is 0 Å². The topological polar surface area (TPSA) is 0 Å². The standard InChI is InChI=1S/C18H20Si/c1-4-10-16(11-5-1)19(17-12-6-2-7-13-17)18-14-8-3-9-15-18/h1-2,4-8,10-14,18-19H,3,9,15H2/t18-/m1/s1. The maximum atomic E-state index is 2.49. The number of rotatable bonds is 3. The summed E-state index contributed by atoms with van der Waals surface area (Å²) < 4.78 is 0. The van der Waals surface area contributed by atoms with Crippen molar-refractivity contribution in [1.29, 1.82) is 0 Å². The van der Waals surface area contributed by atoms with Crippen molar-refractivity contribution in [2.24, 2.45) is 0 Å². The first-order valence-corrected chi connectivity index (χ1v) is 9.04. The minimum Gasteiger partial charge on any atom is -0.0885 e. The van der Waals surface area contributed by atoms with Crippen molar-refractivity contribution in [2.45, 2.75) is 24.8 Å². The minimum atomic E-state index is -1.12. The smallest absolute Gasteiger partial charge is 0.0885 e. The fourth-order valence-electron chi connectivity index (χ4n) is 3.12. The van der Waals surface area contributed by atoms with Crippen molar-refractivity contribution in [1.82, 2.24) is 0 Å². The molecule has 0 bridgehead atoms. The lowest BCUT2D eigenvalue weighted by atomic mass is 10.1. The Morgan fingerprint density at radius 2 is 1.37 bits per heavy atom. The highest BCUT2D eigenvalue weighted by Gasteiger charge is 2.25. The summed E-state index contributed by atoms with van der Waals surface area (Å²) in [6, 6.07) is 22.3. The van der Waals surface area contributed by atoms with E-state index >= 15 is 0 Å². The van der Waals surface area contributed by atoms with E-state index in [0.717, 1.165) is 5.54 Å². The van der Waals surface area contributed by atoms with Crippen LogP contribution in [0.4, 0.5) is 0 Å². The van der Waals surface area contributed by atoms with Gasteiger partial charge in [0.2, 0.25) is 0 Å². The second-order valence-electron chi connectivity index (χ2n) is 5.32. The van der Waals surface area contributed by atoms with Gasteiger partial charge in [-0.05, 0) is 24.8 Å². The Morgan fingerprint density at radius 1 is 0.789 bits per heavy atom. The number of hydrogen-bond acceptors (Lipinski definition) is 0. The molecule has 0 fully saturated rings. The lowest BCUT2D eigenvalue weighted by Crippen LogP contribution is -2.45. The molecule has 0 nitrogen and oxygen atoms in total. The van der Waals surface area contributed by atoms with Crippen LogP contribution in [0.2, 0.25) is 5.54 Å². The highest BCUT2D eigenvalue weighted by Crippen LogP contribution is 2.25.